The summed E-state index contributed by atoms with van der Waals surface area (Å²) < 4.78 is 16.5. The maximum Gasteiger partial charge on any atom is 0.239 e. The van der Waals surface area contributed by atoms with Gasteiger partial charge in [0.2, 0.25) is 17.5 Å². The van der Waals surface area contributed by atoms with Crippen LogP contribution in [-0.4, -0.2) is 82.5 Å². The molecule has 192 valence electrons. The predicted octanol–water partition coefficient (Wildman–Crippen LogP) is -1.46. The first-order valence-corrected chi connectivity index (χ1v) is 9.64. The summed E-state index contributed by atoms with van der Waals surface area (Å²) >= 11 is 0. The van der Waals surface area contributed by atoms with Gasteiger partial charge in [-0.2, -0.15) is 0 Å². The molecule has 1 aromatic heterocycles. The van der Waals surface area contributed by atoms with Crippen molar-refractivity contribution in [1.29, 1.82) is 0 Å². The van der Waals surface area contributed by atoms with Crippen LogP contribution in [-0.2, 0) is 4.74 Å². The molecule has 2 aromatic carbocycles. The zero-order valence-corrected chi connectivity index (χ0v) is 17.9. The van der Waals surface area contributed by atoms with E-state index in [1.807, 2.05) is 0 Å². The average molecular weight is 500 g/mol. The number of fused-ring (bicyclic) bond motifs is 1. The van der Waals surface area contributed by atoms with Crippen LogP contribution in [0.4, 0.5) is 0 Å². The van der Waals surface area contributed by atoms with Crippen LogP contribution < -0.4 is 10.2 Å². The summed E-state index contributed by atoms with van der Waals surface area (Å²) in [5.41, 5.74) is -1.45. The number of hydrogen-bond donors (Lipinski definition) is 8. The molecule has 0 radical (unpaired) electrons. The number of rotatable bonds is 3. The third-order valence-electron chi connectivity index (χ3n) is 5.29. The standard InChI is InChI=1S/C21H20O12.2H2O/c1-6-14(26)17(29)18(30)21(31-6)33-20-16(28)13-9(23)4-8(22)5-12(13)32-19(20)7-2-10(24)15(27)11(25)3-7;;/h2-6,14,17-18,21-27,29-30H,1H3;2*1H2/t6-,14-,17-,18+,21?;;/m0../s1. The fraction of sp³-hybridized carbons (Fsp3) is 0.286. The molecule has 1 unspecified atom stereocenters. The van der Waals surface area contributed by atoms with Crippen LogP contribution >= 0.6 is 0 Å². The van der Waals surface area contributed by atoms with E-state index < -0.39 is 81.8 Å². The minimum Gasteiger partial charge on any atom is -0.508 e. The summed E-state index contributed by atoms with van der Waals surface area (Å²) in [6.07, 6.45) is -7.59. The first-order chi connectivity index (χ1) is 15.5. The molecule has 0 amide bonds. The molecule has 14 heteroatoms. The van der Waals surface area contributed by atoms with Crippen LogP contribution in [0, 0.1) is 0 Å². The number of ether oxygens (including phenoxy) is 2. The second kappa shape index (κ2) is 9.83. The second-order valence-electron chi connectivity index (χ2n) is 7.59. The number of aromatic hydroxyl groups is 5. The maximum atomic E-state index is 13.2. The van der Waals surface area contributed by atoms with E-state index >= 15 is 0 Å². The number of benzene rings is 2. The Balaban J connectivity index is 0.00000216. The molecule has 14 nitrogen and oxygen atoms in total. The quantitative estimate of drug-likeness (QED) is 0.192. The molecule has 0 saturated carbocycles. The molecule has 4 rings (SSSR count). The van der Waals surface area contributed by atoms with Crippen molar-refractivity contribution in [3.05, 3.63) is 34.5 Å². The Hall–Kier alpha value is -3.79. The first-order valence-electron chi connectivity index (χ1n) is 9.64. The largest absolute Gasteiger partial charge is 0.508 e. The van der Waals surface area contributed by atoms with Gasteiger partial charge in [-0.1, -0.05) is 0 Å². The van der Waals surface area contributed by atoms with Crippen LogP contribution in [0.25, 0.3) is 22.3 Å². The van der Waals surface area contributed by atoms with Crippen molar-refractivity contribution < 1.29 is 65.7 Å². The summed E-state index contributed by atoms with van der Waals surface area (Å²) in [7, 11) is 0. The highest BCUT2D eigenvalue weighted by Gasteiger charge is 2.44. The van der Waals surface area contributed by atoms with E-state index in [0.29, 0.717) is 0 Å². The number of hydrogen-bond acceptors (Lipinski definition) is 12. The molecule has 5 atom stereocenters. The van der Waals surface area contributed by atoms with E-state index in [1.54, 1.807) is 0 Å². The van der Waals surface area contributed by atoms with Gasteiger partial charge in [-0.25, -0.2) is 0 Å². The molecule has 0 bridgehead atoms. The first kappa shape index (κ1) is 27.5. The summed E-state index contributed by atoms with van der Waals surface area (Å²) in [6, 6.07) is 3.79. The molecule has 1 aliphatic rings. The molecular weight excluding hydrogens is 476 g/mol. The highest BCUT2D eigenvalue weighted by atomic mass is 16.7. The summed E-state index contributed by atoms with van der Waals surface area (Å²) in [6.45, 7) is 1.39. The van der Waals surface area contributed by atoms with Crippen LogP contribution in [0.3, 0.4) is 0 Å². The van der Waals surface area contributed by atoms with Crippen molar-refractivity contribution in [2.24, 2.45) is 0 Å². The lowest BCUT2D eigenvalue weighted by Gasteiger charge is -2.38. The Morgan fingerprint density at radius 1 is 0.829 bits per heavy atom. The third-order valence-corrected chi connectivity index (χ3v) is 5.29. The van der Waals surface area contributed by atoms with Gasteiger partial charge in [0.05, 0.1) is 6.10 Å². The number of phenolic OH excluding ortho intramolecular Hbond substituents is 5. The van der Waals surface area contributed by atoms with Gasteiger partial charge < -0.3 is 65.7 Å². The van der Waals surface area contributed by atoms with E-state index in [2.05, 4.69) is 0 Å². The van der Waals surface area contributed by atoms with Gasteiger partial charge in [0.15, 0.2) is 23.0 Å². The number of aliphatic hydroxyl groups excluding tert-OH is 3. The minimum atomic E-state index is -1.80. The van der Waals surface area contributed by atoms with Gasteiger partial charge in [0.1, 0.15) is 40.8 Å². The SMILES string of the molecule is C[C@@H]1OC(Oc2c(-c3cc(O)c(O)c(O)c3)oc3cc(O)cc(O)c3c2=O)[C@H](O)[C@@H](O)[C@H]1O.O.O. The van der Waals surface area contributed by atoms with Gasteiger partial charge in [0.25, 0.3) is 0 Å². The van der Waals surface area contributed by atoms with Crippen molar-refractivity contribution in [2.75, 3.05) is 0 Å². The number of aliphatic hydroxyl groups is 3. The van der Waals surface area contributed by atoms with Crippen LogP contribution in [0.1, 0.15) is 6.92 Å². The van der Waals surface area contributed by atoms with E-state index in [-0.39, 0.29) is 22.1 Å². The number of phenols is 5. The summed E-state index contributed by atoms with van der Waals surface area (Å²) in [5.74, 6) is -4.55. The molecule has 1 aliphatic heterocycles. The Bertz CT molecular complexity index is 1260. The van der Waals surface area contributed by atoms with Crippen molar-refractivity contribution in [2.45, 2.75) is 37.6 Å². The molecule has 0 aliphatic carbocycles. The molecule has 3 aromatic rings. The molecule has 1 fully saturated rings. The van der Waals surface area contributed by atoms with Gasteiger partial charge in [0, 0.05) is 17.7 Å². The molecule has 1 saturated heterocycles. The third kappa shape index (κ3) is 4.61. The van der Waals surface area contributed by atoms with Gasteiger partial charge in [-0.05, 0) is 19.1 Å². The predicted molar refractivity (Wildman–Crippen MR) is 116 cm³/mol. The lowest BCUT2D eigenvalue weighted by atomic mass is 10.00. The van der Waals surface area contributed by atoms with Crippen LogP contribution in [0.5, 0.6) is 34.5 Å². The highest BCUT2D eigenvalue weighted by Crippen LogP contribution is 2.43. The molecule has 12 N–H and O–H groups in total. The van der Waals surface area contributed by atoms with Gasteiger partial charge >= 0.3 is 0 Å². The Morgan fingerprint density at radius 3 is 2.03 bits per heavy atom. The van der Waals surface area contributed by atoms with Crippen LogP contribution in [0.2, 0.25) is 0 Å². The average Bonchev–Trinajstić information content (AvgIpc) is 2.74. The summed E-state index contributed by atoms with van der Waals surface area (Å²) in [5, 5.41) is 79.1. The Kier molecular flexibility index (Phi) is 7.71. The lowest BCUT2D eigenvalue weighted by Crippen LogP contribution is -2.58. The Morgan fingerprint density at radius 2 is 1.43 bits per heavy atom. The zero-order chi connectivity index (χ0) is 24.2. The topological polar surface area (TPSA) is 274 Å². The van der Waals surface area contributed by atoms with Gasteiger partial charge in [-0.3, -0.25) is 4.79 Å². The Labute approximate surface area is 195 Å². The zero-order valence-electron chi connectivity index (χ0n) is 17.9. The smallest absolute Gasteiger partial charge is 0.239 e. The van der Waals surface area contributed by atoms with E-state index in [4.69, 9.17) is 13.9 Å². The normalized spacial score (nSPS) is 23.8. The van der Waals surface area contributed by atoms with Crippen molar-refractivity contribution in [3.8, 4) is 45.8 Å². The van der Waals surface area contributed by atoms with Crippen molar-refractivity contribution in [3.63, 3.8) is 0 Å². The maximum absolute atomic E-state index is 13.2. The molecule has 0 spiro atoms. The molecular formula is C21H24O14. The molecule has 35 heavy (non-hydrogen) atoms. The van der Waals surface area contributed by atoms with Crippen molar-refractivity contribution >= 4 is 11.0 Å². The van der Waals surface area contributed by atoms with Crippen LogP contribution in [0.15, 0.2) is 33.5 Å². The monoisotopic (exact) mass is 500 g/mol. The summed E-state index contributed by atoms with van der Waals surface area (Å²) in [4.78, 5) is 13.2. The second-order valence-corrected chi connectivity index (χ2v) is 7.59. The lowest BCUT2D eigenvalue weighted by molar-refractivity contribution is -0.268. The fourth-order valence-electron chi connectivity index (χ4n) is 3.53. The van der Waals surface area contributed by atoms with Crippen molar-refractivity contribution in [1.82, 2.24) is 0 Å². The molecule has 2 heterocycles. The van der Waals surface area contributed by atoms with E-state index in [9.17, 15) is 45.6 Å². The minimum absolute atomic E-state index is 0. The van der Waals surface area contributed by atoms with E-state index in [1.165, 1.54) is 6.92 Å². The van der Waals surface area contributed by atoms with Gasteiger partial charge in [-0.15, -0.1) is 0 Å². The fourth-order valence-corrected chi connectivity index (χ4v) is 3.53. The van der Waals surface area contributed by atoms with E-state index in [0.717, 1.165) is 24.3 Å². The highest BCUT2D eigenvalue weighted by molar-refractivity contribution is 5.88.